The van der Waals surface area contributed by atoms with Crippen molar-refractivity contribution >= 4 is 29.0 Å². The molecular weight excluding hydrogens is 305 g/mol. The summed E-state index contributed by atoms with van der Waals surface area (Å²) in [5, 5.41) is 15.6. The summed E-state index contributed by atoms with van der Waals surface area (Å²) in [6.45, 7) is 1.81. The van der Waals surface area contributed by atoms with E-state index in [-0.39, 0.29) is 17.5 Å². The zero-order valence-corrected chi connectivity index (χ0v) is 12.5. The van der Waals surface area contributed by atoms with Gasteiger partial charge in [-0.2, -0.15) is 9.61 Å². The lowest BCUT2D eigenvalue weighted by Crippen LogP contribution is -2.14. The fourth-order valence-electron chi connectivity index (χ4n) is 1.83. The molecule has 0 aliphatic carbocycles. The number of hydrogen-bond donors (Lipinski definition) is 1. The molecular formula is C14H12FN5OS. The number of thioether (sulfide) groups is 1. The molecule has 1 N–H and O–H groups in total. The average Bonchev–Trinajstić information content (AvgIpc) is 2.89. The predicted molar refractivity (Wildman–Crippen MR) is 81.3 cm³/mol. The van der Waals surface area contributed by atoms with Gasteiger partial charge in [0, 0.05) is 5.69 Å². The van der Waals surface area contributed by atoms with E-state index in [1.54, 1.807) is 16.6 Å². The number of fused-ring (bicyclic) bond motifs is 1. The molecule has 2 aromatic heterocycles. The summed E-state index contributed by atoms with van der Waals surface area (Å²) >= 11 is 1.30. The van der Waals surface area contributed by atoms with Gasteiger partial charge in [0.2, 0.25) is 5.91 Å². The third kappa shape index (κ3) is 3.22. The molecule has 0 spiro atoms. The molecule has 2 heterocycles. The van der Waals surface area contributed by atoms with Gasteiger partial charge in [-0.3, -0.25) is 4.79 Å². The fraction of sp³-hybridized carbons (Fsp3) is 0.143. The van der Waals surface area contributed by atoms with Crippen LogP contribution < -0.4 is 5.32 Å². The molecule has 0 aliphatic heterocycles. The fourth-order valence-corrected chi connectivity index (χ4v) is 2.48. The highest BCUT2D eigenvalue weighted by atomic mass is 32.2. The first-order chi connectivity index (χ1) is 10.6. The topological polar surface area (TPSA) is 72.2 Å². The van der Waals surface area contributed by atoms with E-state index in [0.717, 1.165) is 0 Å². The molecule has 8 heteroatoms. The average molecular weight is 317 g/mol. The lowest BCUT2D eigenvalue weighted by Gasteiger charge is -2.05. The van der Waals surface area contributed by atoms with E-state index in [9.17, 15) is 9.18 Å². The Morgan fingerprint density at radius 3 is 2.77 bits per heavy atom. The Balaban J connectivity index is 1.62. The van der Waals surface area contributed by atoms with Crippen LogP contribution in [0.25, 0.3) is 5.65 Å². The Labute approximate surface area is 129 Å². The van der Waals surface area contributed by atoms with Crippen molar-refractivity contribution in [2.24, 2.45) is 0 Å². The SMILES string of the molecule is Cc1nnc2ccc(SCC(=O)Nc3ccc(F)cc3)nn12. The Morgan fingerprint density at radius 1 is 1.23 bits per heavy atom. The zero-order chi connectivity index (χ0) is 15.5. The van der Waals surface area contributed by atoms with Crippen molar-refractivity contribution in [1.82, 2.24) is 19.8 Å². The van der Waals surface area contributed by atoms with Gasteiger partial charge in [0.25, 0.3) is 0 Å². The molecule has 1 amide bonds. The quantitative estimate of drug-likeness (QED) is 0.748. The van der Waals surface area contributed by atoms with Crippen LogP contribution in [0.2, 0.25) is 0 Å². The van der Waals surface area contributed by atoms with Gasteiger partial charge in [-0.1, -0.05) is 11.8 Å². The third-order valence-corrected chi connectivity index (χ3v) is 3.79. The summed E-state index contributed by atoms with van der Waals surface area (Å²) in [6, 6.07) is 9.22. The minimum atomic E-state index is -0.339. The normalized spacial score (nSPS) is 10.8. The van der Waals surface area contributed by atoms with Gasteiger partial charge < -0.3 is 5.32 Å². The highest BCUT2D eigenvalue weighted by Crippen LogP contribution is 2.16. The molecule has 0 radical (unpaired) electrons. The van der Waals surface area contributed by atoms with Crippen molar-refractivity contribution in [1.29, 1.82) is 0 Å². The molecule has 0 fully saturated rings. The van der Waals surface area contributed by atoms with Gasteiger partial charge in [0.1, 0.15) is 10.8 Å². The van der Waals surface area contributed by atoms with Crippen molar-refractivity contribution in [3.63, 3.8) is 0 Å². The first-order valence-corrected chi connectivity index (χ1v) is 7.48. The Hall–Kier alpha value is -2.48. The van der Waals surface area contributed by atoms with Crippen LogP contribution in [0, 0.1) is 12.7 Å². The van der Waals surface area contributed by atoms with Crippen molar-refractivity contribution in [3.05, 3.63) is 48.0 Å². The lowest BCUT2D eigenvalue weighted by molar-refractivity contribution is -0.113. The Kier molecular flexibility index (Phi) is 4.01. The lowest BCUT2D eigenvalue weighted by atomic mass is 10.3. The summed E-state index contributed by atoms with van der Waals surface area (Å²) < 4.78 is 14.4. The second-order valence-corrected chi connectivity index (χ2v) is 5.53. The van der Waals surface area contributed by atoms with E-state index >= 15 is 0 Å². The first kappa shape index (κ1) is 14.5. The highest BCUT2D eigenvalue weighted by Gasteiger charge is 2.07. The number of rotatable bonds is 4. The maximum Gasteiger partial charge on any atom is 0.234 e. The number of carbonyl (C=O) groups is 1. The zero-order valence-electron chi connectivity index (χ0n) is 11.7. The third-order valence-electron chi connectivity index (χ3n) is 2.87. The van der Waals surface area contributed by atoms with Crippen LogP contribution in [0.3, 0.4) is 0 Å². The minimum absolute atomic E-state index is 0.181. The number of halogens is 1. The van der Waals surface area contributed by atoms with Crippen LogP contribution in [-0.2, 0) is 4.79 Å². The molecule has 0 aliphatic rings. The molecule has 1 aromatic carbocycles. The summed E-state index contributed by atoms with van der Waals surface area (Å²) in [5.41, 5.74) is 1.22. The van der Waals surface area contributed by atoms with Gasteiger partial charge in [0.05, 0.1) is 5.75 Å². The van der Waals surface area contributed by atoms with E-state index in [2.05, 4.69) is 20.6 Å². The number of aryl methyl sites for hydroxylation is 1. The summed E-state index contributed by atoms with van der Waals surface area (Å²) in [5.74, 6) is 0.373. The van der Waals surface area contributed by atoms with Crippen molar-refractivity contribution < 1.29 is 9.18 Å². The van der Waals surface area contributed by atoms with Crippen LogP contribution in [-0.4, -0.2) is 31.5 Å². The monoisotopic (exact) mass is 317 g/mol. The van der Waals surface area contributed by atoms with Crippen LogP contribution in [0.5, 0.6) is 0 Å². The predicted octanol–water partition coefficient (Wildman–Crippen LogP) is 2.30. The number of amides is 1. The van der Waals surface area contributed by atoms with Crippen LogP contribution in [0.15, 0.2) is 41.4 Å². The largest absolute Gasteiger partial charge is 0.325 e. The molecule has 22 heavy (non-hydrogen) atoms. The van der Waals surface area contributed by atoms with Gasteiger partial charge in [-0.15, -0.1) is 10.2 Å². The maximum atomic E-state index is 12.8. The van der Waals surface area contributed by atoms with Crippen LogP contribution in [0.4, 0.5) is 10.1 Å². The molecule has 3 aromatic rings. The second-order valence-electron chi connectivity index (χ2n) is 4.53. The Morgan fingerprint density at radius 2 is 2.00 bits per heavy atom. The van der Waals surface area contributed by atoms with E-state index in [1.807, 2.05) is 6.92 Å². The second kappa shape index (κ2) is 6.10. The van der Waals surface area contributed by atoms with Crippen molar-refractivity contribution in [2.75, 3.05) is 11.1 Å². The van der Waals surface area contributed by atoms with Gasteiger partial charge in [0.15, 0.2) is 11.5 Å². The van der Waals surface area contributed by atoms with Gasteiger partial charge in [-0.25, -0.2) is 4.39 Å². The molecule has 0 bridgehead atoms. The molecule has 112 valence electrons. The molecule has 0 unspecified atom stereocenters. The number of benzene rings is 1. The number of nitrogens with one attached hydrogen (secondary N) is 1. The number of hydrogen-bond acceptors (Lipinski definition) is 5. The smallest absolute Gasteiger partial charge is 0.234 e. The maximum absolute atomic E-state index is 12.8. The highest BCUT2D eigenvalue weighted by molar-refractivity contribution is 7.99. The number of aromatic nitrogens is 4. The first-order valence-electron chi connectivity index (χ1n) is 6.49. The van der Waals surface area contributed by atoms with Crippen LogP contribution >= 0.6 is 11.8 Å². The number of nitrogens with zero attached hydrogens (tertiary/aromatic N) is 4. The molecule has 3 rings (SSSR count). The standard InChI is InChI=1S/C14H12FN5OS/c1-9-17-18-12-6-7-14(19-20(9)12)22-8-13(21)16-11-4-2-10(15)3-5-11/h2-7H,8H2,1H3,(H,16,21). The van der Waals surface area contributed by atoms with E-state index in [4.69, 9.17) is 0 Å². The number of anilines is 1. The molecule has 0 saturated carbocycles. The van der Waals surface area contributed by atoms with E-state index in [1.165, 1.54) is 36.0 Å². The molecule has 0 saturated heterocycles. The van der Waals surface area contributed by atoms with Crippen molar-refractivity contribution in [3.8, 4) is 0 Å². The summed E-state index contributed by atoms with van der Waals surface area (Å²) in [4.78, 5) is 11.9. The minimum Gasteiger partial charge on any atom is -0.325 e. The van der Waals surface area contributed by atoms with Gasteiger partial charge >= 0.3 is 0 Å². The Bertz CT molecular complexity index is 818. The van der Waals surface area contributed by atoms with Crippen LogP contribution in [0.1, 0.15) is 5.82 Å². The van der Waals surface area contributed by atoms with E-state index < -0.39 is 0 Å². The number of carbonyl (C=O) groups excluding carboxylic acids is 1. The summed E-state index contributed by atoms with van der Waals surface area (Å²) in [6.07, 6.45) is 0. The molecule has 6 nitrogen and oxygen atoms in total. The van der Waals surface area contributed by atoms with Gasteiger partial charge in [-0.05, 0) is 43.3 Å². The van der Waals surface area contributed by atoms with Crippen molar-refractivity contribution in [2.45, 2.75) is 11.9 Å². The van der Waals surface area contributed by atoms with E-state index in [0.29, 0.717) is 22.2 Å². The summed E-state index contributed by atoms with van der Waals surface area (Å²) in [7, 11) is 0. The molecule has 0 atom stereocenters.